The third kappa shape index (κ3) is 3.36. The van der Waals surface area contributed by atoms with Gasteiger partial charge in [0.1, 0.15) is 5.03 Å². The van der Waals surface area contributed by atoms with Gasteiger partial charge in [-0.2, -0.15) is 0 Å². The summed E-state index contributed by atoms with van der Waals surface area (Å²) in [5.74, 6) is 0.805. The van der Waals surface area contributed by atoms with Gasteiger partial charge in [-0.3, -0.25) is 0 Å². The number of hydrogen-bond donors (Lipinski definition) is 1. The lowest BCUT2D eigenvalue weighted by Crippen LogP contribution is -2.40. The molecule has 1 fully saturated rings. The summed E-state index contributed by atoms with van der Waals surface area (Å²) in [6, 6.07) is 4.37. The maximum atomic E-state index is 6.17. The first-order chi connectivity index (χ1) is 8.20. The van der Waals surface area contributed by atoms with Crippen molar-refractivity contribution in [3.8, 4) is 0 Å². The zero-order chi connectivity index (χ0) is 12.3. The van der Waals surface area contributed by atoms with Crippen molar-refractivity contribution in [2.24, 2.45) is 5.92 Å². The van der Waals surface area contributed by atoms with Crippen LogP contribution in [0.25, 0.3) is 0 Å². The summed E-state index contributed by atoms with van der Waals surface area (Å²) in [7, 11) is 2.05. The second-order valence-electron chi connectivity index (χ2n) is 4.76. The Kier molecular flexibility index (Phi) is 4.71. The van der Waals surface area contributed by atoms with Gasteiger partial charge in [0.05, 0.1) is 5.02 Å². The van der Waals surface area contributed by atoms with Gasteiger partial charge in [-0.25, -0.2) is 4.98 Å². The summed E-state index contributed by atoms with van der Waals surface area (Å²) in [5.41, 5.74) is 0. The normalized spacial score (nSPS) is 29.2. The predicted octanol–water partition coefficient (Wildman–Crippen LogP) is 3.60. The van der Waals surface area contributed by atoms with Crippen LogP contribution in [0.15, 0.2) is 23.4 Å². The molecule has 17 heavy (non-hydrogen) atoms. The molecule has 2 rings (SSSR count). The fraction of sp³-hybridized carbons (Fsp3) is 0.615. The average Bonchev–Trinajstić information content (AvgIpc) is 2.32. The van der Waals surface area contributed by atoms with Crippen LogP contribution >= 0.6 is 23.4 Å². The van der Waals surface area contributed by atoms with E-state index in [0.717, 1.165) is 16.0 Å². The Bertz CT molecular complexity index is 372. The van der Waals surface area contributed by atoms with Crippen molar-refractivity contribution in [3.63, 3.8) is 0 Å². The molecule has 1 saturated carbocycles. The summed E-state index contributed by atoms with van der Waals surface area (Å²) in [5, 5.41) is 5.74. The second-order valence-corrected chi connectivity index (χ2v) is 6.40. The molecule has 94 valence electrons. The Morgan fingerprint density at radius 2 is 2.29 bits per heavy atom. The van der Waals surface area contributed by atoms with Gasteiger partial charge in [-0.1, -0.05) is 30.3 Å². The second kappa shape index (κ2) is 6.07. The van der Waals surface area contributed by atoms with Crippen LogP contribution in [0, 0.1) is 5.92 Å². The minimum absolute atomic E-state index is 0.578. The number of hydrogen-bond acceptors (Lipinski definition) is 3. The zero-order valence-corrected chi connectivity index (χ0v) is 11.9. The number of halogens is 1. The van der Waals surface area contributed by atoms with Crippen molar-refractivity contribution < 1.29 is 0 Å². The number of rotatable bonds is 3. The fourth-order valence-corrected chi connectivity index (χ4v) is 4.10. The Labute approximate surface area is 113 Å². The lowest BCUT2D eigenvalue weighted by molar-refractivity contribution is 0.329. The van der Waals surface area contributed by atoms with Crippen LogP contribution in [0.2, 0.25) is 5.02 Å². The van der Waals surface area contributed by atoms with Crippen LogP contribution in [0.5, 0.6) is 0 Å². The van der Waals surface area contributed by atoms with Crippen LogP contribution < -0.4 is 5.32 Å². The van der Waals surface area contributed by atoms with Gasteiger partial charge in [0.15, 0.2) is 0 Å². The van der Waals surface area contributed by atoms with Gasteiger partial charge in [-0.05, 0) is 44.4 Å². The zero-order valence-electron chi connectivity index (χ0n) is 10.3. The Hall–Kier alpha value is -0.250. The highest BCUT2D eigenvalue weighted by atomic mass is 35.5. The van der Waals surface area contributed by atoms with E-state index in [2.05, 4.69) is 17.2 Å². The van der Waals surface area contributed by atoms with E-state index in [-0.39, 0.29) is 0 Å². The van der Waals surface area contributed by atoms with Crippen molar-refractivity contribution in [3.05, 3.63) is 23.4 Å². The van der Waals surface area contributed by atoms with E-state index in [1.807, 2.05) is 37.1 Å². The molecule has 3 atom stereocenters. The third-order valence-corrected chi connectivity index (χ3v) is 5.20. The average molecular weight is 271 g/mol. The molecular weight excluding hydrogens is 252 g/mol. The topological polar surface area (TPSA) is 24.9 Å². The van der Waals surface area contributed by atoms with Crippen LogP contribution in [0.1, 0.15) is 26.2 Å². The molecule has 0 aromatic carbocycles. The van der Waals surface area contributed by atoms with Gasteiger partial charge in [0, 0.05) is 17.5 Å². The van der Waals surface area contributed by atoms with Crippen molar-refractivity contribution in [1.29, 1.82) is 0 Å². The molecule has 0 amide bonds. The number of thioether (sulfide) groups is 1. The Morgan fingerprint density at radius 1 is 1.47 bits per heavy atom. The molecular formula is C13H19ClN2S. The van der Waals surface area contributed by atoms with Gasteiger partial charge in [-0.15, -0.1) is 0 Å². The molecule has 0 bridgehead atoms. The van der Waals surface area contributed by atoms with Crippen molar-refractivity contribution in [1.82, 2.24) is 10.3 Å². The monoisotopic (exact) mass is 270 g/mol. The number of nitrogens with zero attached hydrogens (tertiary/aromatic N) is 1. The summed E-state index contributed by atoms with van der Waals surface area (Å²) in [6.45, 7) is 2.33. The first-order valence-corrected chi connectivity index (χ1v) is 7.41. The molecule has 4 heteroatoms. The van der Waals surface area contributed by atoms with Gasteiger partial charge in [0.25, 0.3) is 0 Å². The molecule has 1 aromatic rings. The lowest BCUT2D eigenvalue weighted by Gasteiger charge is -2.34. The van der Waals surface area contributed by atoms with Crippen LogP contribution in [-0.2, 0) is 0 Å². The first-order valence-electron chi connectivity index (χ1n) is 6.15. The Balaban J connectivity index is 2.07. The molecule has 1 aliphatic carbocycles. The molecule has 1 N–H and O–H groups in total. The Morgan fingerprint density at radius 3 is 3.00 bits per heavy atom. The summed E-state index contributed by atoms with van der Waals surface area (Å²) in [4.78, 5) is 4.37. The van der Waals surface area contributed by atoms with E-state index >= 15 is 0 Å². The van der Waals surface area contributed by atoms with Crippen molar-refractivity contribution >= 4 is 23.4 Å². The fourth-order valence-electron chi connectivity index (χ4n) is 2.39. The number of nitrogens with one attached hydrogen (secondary N) is 1. The molecule has 0 radical (unpaired) electrons. The standard InChI is InChI=1S/C13H19ClN2S/c1-9-5-6-11(15-2)12(8-9)17-13-10(14)4-3-7-16-13/h3-4,7,9,11-12,15H,5-6,8H2,1-2H3. The minimum atomic E-state index is 0.578. The third-order valence-electron chi connectivity index (χ3n) is 3.41. The molecule has 2 nitrogen and oxygen atoms in total. The molecule has 0 spiro atoms. The van der Waals surface area contributed by atoms with Crippen molar-refractivity contribution in [2.75, 3.05) is 7.05 Å². The summed E-state index contributed by atoms with van der Waals surface area (Å²) >= 11 is 7.99. The van der Waals surface area contributed by atoms with Crippen LogP contribution in [0.4, 0.5) is 0 Å². The van der Waals surface area contributed by atoms with Gasteiger partial charge >= 0.3 is 0 Å². The van der Waals surface area contributed by atoms with E-state index < -0.39 is 0 Å². The lowest BCUT2D eigenvalue weighted by atomic mass is 9.87. The number of aromatic nitrogens is 1. The molecule has 0 aliphatic heterocycles. The quantitative estimate of drug-likeness (QED) is 0.908. The predicted molar refractivity (Wildman–Crippen MR) is 74.8 cm³/mol. The smallest absolute Gasteiger partial charge is 0.115 e. The molecule has 1 aromatic heterocycles. The largest absolute Gasteiger partial charge is 0.316 e. The van der Waals surface area contributed by atoms with Gasteiger partial charge < -0.3 is 5.32 Å². The van der Waals surface area contributed by atoms with E-state index in [0.29, 0.717) is 11.3 Å². The maximum absolute atomic E-state index is 6.17. The van der Waals surface area contributed by atoms with Crippen LogP contribution in [0.3, 0.4) is 0 Å². The van der Waals surface area contributed by atoms with Crippen LogP contribution in [-0.4, -0.2) is 23.3 Å². The molecule has 1 aliphatic rings. The number of pyridine rings is 1. The van der Waals surface area contributed by atoms with Gasteiger partial charge in [0.2, 0.25) is 0 Å². The highest BCUT2D eigenvalue weighted by molar-refractivity contribution is 8.00. The highest BCUT2D eigenvalue weighted by Gasteiger charge is 2.29. The van der Waals surface area contributed by atoms with E-state index in [1.165, 1.54) is 19.3 Å². The summed E-state index contributed by atoms with van der Waals surface area (Å²) < 4.78 is 0. The van der Waals surface area contributed by atoms with Crippen molar-refractivity contribution in [2.45, 2.75) is 42.5 Å². The first kappa shape index (κ1) is 13.2. The highest BCUT2D eigenvalue weighted by Crippen LogP contribution is 2.37. The molecule has 0 saturated heterocycles. The molecule has 3 unspecified atom stereocenters. The van der Waals surface area contributed by atoms with E-state index in [1.54, 1.807) is 0 Å². The minimum Gasteiger partial charge on any atom is -0.316 e. The molecule has 1 heterocycles. The SMILES string of the molecule is CNC1CCC(C)CC1Sc1ncccc1Cl. The summed E-state index contributed by atoms with van der Waals surface area (Å²) in [6.07, 6.45) is 5.62. The van der Waals surface area contributed by atoms with E-state index in [4.69, 9.17) is 11.6 Å². The van der Waals surface area contributed by atoms with E-state index in [9.17, 15) is 0 Å². The maximum Gasteiger partial charge on any atom is 0.115 e.